The molecule has 0 spiro atoms. The molecular weight excluding hydrogens is 452 g/mol. The van der Waals surface area contributed by atoms with Gasteiger partial charge < -0.3 is 14.4 Å². The Labute approximate surface area is 212 Å². The van der Waals surface area contributed by atoms with Gasteiger partial charge in [0.2, 0.25) is 0 Å². The molecule has 1 aliphatic rings. The fourth-order valence-electron chi connectivity index (χ4n) is 3.77. The summed E-state index contributed by atoms with van der Waals surface area (Å²) in [7, 11) is 1.70. The lowest BCUT2D eigenvalue weighted by atomic mass is 9.98. The Hall–Kier alpha value is -4.00. The zero-order chi connectivity index (χ0) is 25.7. The first-order valence-corrected chi connectivity index (χ1v) is 12.0. The second kappa shape index (κ2) is 10.7. The van der Waals surface area contributed by atoms with Crippen LogP contribution in [0.4, 0.5) is 4.79 Å². The molecule has 2 aromatic heterocycles. The highest BCUT2D eigenvalue weighted by Gasteiger charge is 2.20. The van der Waals surface area contributed by atoms with Gasteiger partial charge in [-0.15, -0.1) is 0 Å². The number of amides is 1. The molecule has 3 aromatic rings. The van der Waals surface area contributed by atoms with Gasteiger partial charge in [0.1, 0.15) is 18.0 Å². The van der Waals surface area contributed by atoms with E-state index in [1.165, 1.54) is 4.90 Å². The number of ether oxygens (including phenoxy) is 2. The fourth-order valence-corrected chi connectivity index (χ4v) is 3.77. The van der Waals surface area contributed by atoms with Crippen LogP contribution in [0.25, 0.3) is 16.8 Å². The standard InChI is InChI=1S/C29H32N4O3/c1-20-7-6-8-25(32-20)27-24(14-16-31-27)22-13-15-30-26(19-22)21-9-11-23(12-10-21)35-18-17-33(5)28(34)36-29(2,3)4/h6-15,19H,16-18H2,1-5H3. The summed E-state index contributed by atoms with van der Waals surface area (Å²) in [6.07, 6.45) is 3.59. The average molecular weight is 485 g/mol. The first-order chi connectivity index (χ1) is 17.2. The lowest BCUT2D eigenvalue weighted by molar-refractivity contribution is 0.0278. The van der Waals surface area contributed by atoms with Gasteiger partial charge in [-0.1, -0.05) is 12.1 Å². The van der Waals surface area contributed by atoms with Crippen LogP contribution in [0.1, 0.15) is 37.7 Å². The summed E-state index contributed by atoms with van der Waals surface area (Å²) in [6, 6.07) is 17.9. The Bertz CT molecular complexity index is 1290. The highest BCUT2D eigenvalue weighted by atomic mass is 16.6. The SMILES string of the molecule is Cc1cccc(C2=NCC=C2c2ccnc(-c3ccc(OCCN(C)C(=O)OC(C)(C)C)cc3)c2)n1. The van der Waals surface area contributed by atoms with Crippen molar-refractivity contribution in [3.63, 3.8) is 0 Å². The molecule has 0 saturated heterocycles. The molecule has 0 aliphatic carbocycles. The number of aromatic nitrogens is 2. The molecule has 186 valence electrons. The molecule has 0 fully saturated rings. The van der Waals surface area contributed by atoms with E-state index in [0.717, 1.165) is 45.2 Å². The lowest BCUT2D eigenvalue weighted by Crippen LogP contribution is -2.36. The minimum Gasteiger partial charge on any atom is -0.492 e. The number of allylic oxidation sites excluding steroid dienone is 1. The minimum atomic E-state index is -0.520. The summed E-state index contributed by atoms with van der Waals surface area (Å²) < 4.78 is 11.2. The van der Waals surface area contributed by atoms with E-state index in [9.17, 15) is 4.79 Å². The molecule has 1 aromatic carbocycles. The molecule has 0 radical (unpaired) electrons. The third-order valence-corrected chi connectivity index (χ3v) is 5.55. The smallest absolute Gasteiger partial charge is 0.410 e. The number of aryl methyl sites for hydroxylation is 1. The van der Waals surface area contributed by atoms with Crippen LogP contribution in [-0.4, -0.2) is 59.0 Å². The fraction of sp³-hybridized carbons (Fsp3) is 0.310. The predicted molar refractivity (Wildman–Crippen MR) is 142 cm³/mol. The average Bonchev–Trinajstić information content (AvgIpc) is 3.34. The Kier molecular flexibility index (Phi) is 7.48. The molecule has 4 rings (SSSR count). The van der Waals surface area contributed by atoms with E-state index in [0.29, 0.717) is 19.7 Å². The molecule has 1 amide bonds. The number of hydrogen-bond donors (Lipinski definition) is 0. The number of carbonyl (C=O) groups is 1. The van der Waals surface area contributed by atoms with Gasteiger partial charge in [0.25, 0.3) is 0 Å². The Morgan fingerprint density at radius 1 is 1.03 bits per heavy atom. The van der Waals surface area contributed by atoms with Crippen molar-refractivity contribution in [2.24, 2.45) is 4.99 Å². The highest BCUT2D eigenvalue weighted by Crippen LogP contribution is 2.28. The summed E-state index contributed by atoms with van der Waals surface area (Å²) in [6.45, 7) is 8.97. The van der Waals surface area contributed by atoms with E-state index in [-0.39, 0.29) is 6.09 Å². The second-order valence-electron chi connectivity index (χ2n) is 9.68. The summed E-state index contributed by atoms with van der Waals surface area (Å²) in [5, 5.41) is 0. The number of hydrogen-bond acceptors (Lipinski definition) is 6. The van der Waals surface area contributed by atoms with Crippen LogP contribution in [-0.2, 0) is 4.74 Å². The van der Waals surface area contributed by atoms with Gasteiger partial charge in [-0.25, -0.2) is 4.79 Å². The Morgan fingerprint density at radius 3 is 2.53 bits per heavy atom. The van der Waals surface area contributed by atoms with Crippen LogP contribution in [0.15, 0.2) is 71.9 Å². The van der Waals surface area contributed by atoms with E-state index in [4.69, 9.17) is 9.47 Å². The maximum atomic E-state index is 12.1. The zero-order valence-electron chi connectivity index (χ0n) is 21.5. The van der Waals surface area contributed by atoms with Crippen molar-refractivity contribution in [2.45, 2.75) is 33.3 Å². The number of aliphatic imine (C=N–C) groups is 1. The third-order valence-electron chi connectivity index (χ3n) is 5.55. The molecule has 0 unspecified atom stereocenters. The van der Waals surface area contributed by atoms with Crippen LogP contribution in [0, 0.1) is 6.92 Å². The molecule has 7 heteroatoms. The van der Waals surface area contributed by atoms with Gasteiger partial charge >= 0.3 is 6.09 Å². The molecule has 36 heavy (non-hydrogen) atoms. The predicted octanol–water partition coefficient (Wildman–Crippen LogP) is 5.58. The first-order valence-electron chi connectivity index (χ1n) is 12.0. The van der Waals surface area contributed by atoms with Gasteiger partial charge in [0.05, 0.1) is 30.2 Å². The Morgan fingerprint density at radius 2 is 1.81 bits per heavy atom. The van der Waals surface area contributed by atoms with Crippen LogP contribution in [0.3, 0.4) is 0 Å². The van der Waals surface area contributed by atoms with Crippen molar-refractivity contribution in [3.8, 4) is 17.0 Å². The topological polar surface area (TPSA) is 76.9 Å². The van der Waals surface area contributed by atoms with E-state index in [1.54, 1.807) is 7.05 Å². The number of pyridine rings is 2. The molecule has 0 saturated carbocycles. The van der Waals surface area contributed by atoms with Crippen molar-refractivity contribution < 1.29 is 14.3 Å². The van der Waals surface area contributed by atoms with Gasteiger partial charge in [-0.2, -0.15) is 0 Å². The van der Waals surface area contributed by atoms with Crippen molar-refractivity contribution in [1.82, 2.24) is 14.9 Å². The second-order valence-corrected chi connectivity index (χ2v) is 9.68. The monoisotopic (exact) mass is 484 g/mol. The lowest BCUT2D eigenvalue weighted by Gasteiger charge is -2.24. The largest absolute Gasteiger partial charge is 0.492 e. The maximum absolute atomic E-state index is 12.1. The minimum absolute atomic E-state index is 0.365. The normalized spacial score (nSPS) is 13.1. The van der Waals surface area contributed by atoms with Crippen molar-refractivity contribution in [2.75, 3.05) is 26.7 Å². The maximum Gasteiger partial charge on any atom is 0.410 e. The number of likely N-dealkylation sites (N-methyl/N-ethyl adjacent to an activating group) is 1. The number of carbonyl (C=O) groups excluding carboxylic acids is 1. The summed E-state index contributed by atoms with van der Waals surface area (Å²) >= 11 is 0. The number of rotatable bonds is 7. The van der Waals surface area contributed by atoms with Gasteiger partial charge in [0.15, 0.2) is 0 Å². The Balaban J connectivity index is 1.40. The number of benzene rings is 1. The van der Waals surface area contributed by atoms with Crippen LogP contribution < -0.4 is 4.74 Å². The summed E-state index contributed by atoms with van der Waals surface area (Å²) in [4.78, 5) is 27.5. The van der Waals surface area contributed by atoms with Crippen molar-refractivity contribution in [3.05, 3.63) is 83.8 Å². The van der Waals surface area contributed by atoms with Crippen LogP contribution in [0.5, 0.6) is 5.75 Å². The molecule has 1 aliphatic heterocycles. The zero-order valence-corrected chi connectivity index (χ0v) is 21.5. The first kappa shape index (κ1) is 25.1. The molecular formula is C29H32N4O3. The molecule has 0 N–H and O–H groups in total. The van der Waals surface area contributed by atoms with Gasteiger partial charge in [-0.3, -0.25) is 15.0 Å². The van der Waals surface area contributed by atoms with Crippen molar-refractivity contribution in [1.29, 1.82) is 0 Å². The van der Waals surface area contributed by atoms with Crippen LogP contribution in [0.2, 0.25) is 0 Å². The van der Waals surface area contributed by atoms with Gasteiger partial charge in [-0.05, 0) is 81.8 Å². The van der Waals surface area contributed by atoms with Crippen LogP contribution >= 0.6 is 0 Å². The summed E-state index contributed by atoms with van der Waals surface area (Å²) in [5.41, 5.74) is 6.24. The third kappa shape index (κ3) is 6.36. The summed E-state index contributed by atoms with van der Waals surface area (Å²) in [5.74, 6) is 0.728. The van der Waals surface area contributed by atoms with E-state index >= 15 is 0 Å². The quantitative estimate of drug-likeness (QED) is 0.437. The highest BCUT2D eigenvalue weighted by molar-refractivity contribution is 6.32. The van der Waals surface area contributed by atoms with E-state index in [2.05, 4.69) is 27.1 Å². The van der Waals surface area contributed by atoms with Crippen molar-refractivity contribution >= 4 is 17.4 Å². The van der Waals surface area contributed by atoms with E-state index in [1.807, 2.05) is 82.4 Å². The molecule has 7 nitrogen and oxygen atoms in total. The molecule has 0 bridgehead atoms. The molecule has 3 heterocycles. The number of nitrogens with zero attached hydrogens (tertiary/aromatic N) is 4. The molecule has 0 atom stereocenters. The van der Waals surface area contributed by atoms with Gasteiger partial charge in [0, 0.05) is 30.1 Å². The van der Waals surface area contributed by atoms with E-state index < -0.39 is 5.60 Å².